The van der Waals surface area contributed by atoms with Crippen LogP contribution in [0.1, 0.15) is 12.5 Å². The number of nitrogens with zero attached hydrogens (tertiary/aromatic N) is 3. The van der Waals surface area contributed by atoms with Crippen molar-refractivity contribution in [2.75, 3.05) is 19.6 Å². The number of piperazine rings is 1. The SMILES string of the molecule is CC1CN(Cc2cnn(C)c2)CCN1. The van der Waals surface area contributed by atoms with Gasteiger partial charge in [-0.15, -0.1) is 0 Å². The zero-order valence-electron chi connectivity index (χ0n) is 8.90. The Labute approximate surface area is 84.9 Å². The molecule has 1 unspecified atom stereocenters. The standard InChI is InChI=1S/C10H18N4/c1-9-6-14(4-3-11-9)8-10-5-12-13(2)7-10/h5,7,9,11H,3-4,6,8H2,1-2H3. The summed E-state index contributed by atoms with van der Waals surface area (Å²) in [6.07, 6.45) is 4.04. The Hall–Kier alpha value is -0.870. The fraction of sp³-hybridized carbons (Fsp3) is 0.700. The summed E-state index contributed by atoms with van der Waals surface area (Å²) in [5.41, 5.74) is 1.31. The van der Waals surface area contributed by atoms with E-state index in [1.54, 1.807) is 0 Å². The van der Waals surface area contributed by atoms with Crippen LogP contribution in [0.25, 0.3) is 0 Å². The molecule has 0 amide bonds. The third kappa shape index (κ3) is 2.33. The van der Waals surface area contributed by atoms with Crippen LogP contribution in [0.2, 0.25) is 0 Å². The van der Waals surface area contributed by atoms with Crippen LogP contribution < -0.4 is 5.32 Å². The van der Waals surface area contributed by atoms with Gasteiger partial charge in [-0.05, 0) is 6.92 Å². The predicted molar refractivity (Wildman–Crippen MR) is 55.9 cm³/mol. The average Bonchev–Trinajstić information content (AvgIpc) is 2.51. The molecule has 0 saturated carbocycles. The smallest absolute Gasteiger partial charge is 0.0534 e. The van der Waals surface area contributed by atoms with Crippen molar-refractivity contribution in [1.82, 2.24) is 20.0 Å². The van der Waals surface area contributed by atoms with Gasteiger partial charge in [-0.2, -0.15) is 5.10 Å². The van der Waals surface area contributed by atoms with E-state index in [9.17, 15) is 0 Å². The van der Waals surface area contributed by atoms with Crippen LogP contribution in [0.3, 0.4) is 0 Å². The summed E-state index contributed by atoms with van der Waals surface area (Å²) in [5, 5.41) is 7.62. The molecule has 0 aliphatic carbocycles. The maximum absolute atomic E-state index is 4.18. The van der Waals surface area contributed by atoms with E-state index in [2.05, 4.69) is 28.4 Å². The summed E-state index contributed by atoms with van der Waals surface area (Å²) in [4.78, 5) is 2.47. The second kappa shape index (κ2) is 4.11. The molecule has 1 saturated heterocycles. The van der Waals surface area contributed by atoms with E-state index >= 15 is 0 Å². The molecule has 2 rings (SSSR count). The Balaban J connectivity index is 1.90. The number of aromatic nitrogens is 2. The summed E-state index contributed by atoms with van der Waals surface area (Å²) in [6.45, 7) is 6.63. The molecule has 4 nitrogen and oxygen atoms in total. The first kappa shape index (κ1) is 9.68. The molecule has 1 fully saturated rings. The monoisotopic (exact) mass is 194 g/mol. The fourth-order valence-electron chi connectivity index (χ4n) is 1.97. The van der Waals surface area contributed by atoms with Crippen LogP contribution >= 0.6 is 0 Å². The van der Waals surface area contributed by atoms with E-state index in [4.69, 9.17) is 0 Å². The third-order valence-corrected chi connectivity index (χ3v) is 2.62. The molecule has 0 spiro atoms. The highest BCUT2D eigenvalue weighted by atomic mass is 15.3. The molecular weight excluding hydrogens is 176 g/mol. The lowest BCUT2D eigenvalue weighted by molar-refractivity contribution is 0.199. The van der Waals surface area contributed by atoms with Gasteiger partial charge in [0.1, 0.15) is 0 Å². The number of hydrogen-bond acceptors (Lipinski definition) is 3. The van der Waals surface area contributed by atoms with Crippen LogP contribution in [-0.2, 0) is 13.6 Å². The van der Waals surface area contributed by atoms with Crippen molar-refractivity contribution in [3.63, 3.8) is 0 Å². The van der Waals surface area contributed by atoms with E-state index in [1.165, 1.54) is 5.56 Å². The number of rotatable bonds is 2. The number of nitrogens with one attached hydrogen (secondary N) is 1. The molecule has 1 N–H and O–H groups in total. The lowest BCUT2D eigenvalue weighted by Crippen LogP contribution is -2.48. The minimum absolute atomic E-state index is 0.612. The topological polar surface area (TPSA) is 33.1 Å². The van der Waals surface area contributed by atoms with Crippen molar-refractivity contribution in [1.29, 1.82) is 0 Å². The lowest BCUT2D eigenvalue weighted by Gasteiger charge is -2.31. The molecule has 1 atom stereocenters. The minimum Gasteiger partial charge on any atom is -0.312 e. The van der Waals surface area contributed by atoms with Gasteiger partial charge in [-0.3, -0.25) is 9.58 Å². The quantitative estimate of drug-likeness (QED) is 0.731. The van der Waals surface area contributed by atoms with Crippen molar-refractivity contribution in [3.05, 3.63) is 18.0 Å². The molecule has 0 bridgehead atoms. The maximum atomic E-state index is 4.18. The zero-order chi connectivity index (χ0) is 9.97. The third-order valence-electron chi connectivity index (χ3n) is 2.62. The number of aryl methyl sites for hydroxylation is 1. The molecule has 1 aromatic rings. The summed E-state index contributed by atoms with van der Waals surface area (Å²) in [6, 6.07) is 0.612. The van der Waals surface area contributed by atoms with Gasteiger partial charge in [-0.1, -0.05) is 0 Å². The lowest BCUT2D eigenvalue weighted by atomic mass is 10.2. The fourth-order valence-corrected chi connectivity index (χ4v) is 1.97. The number of hydrogen-bond donors (Lipinski definition) is 1. The van der Waals surface area contributed by atoms with Crippen LogP contribution in [0.4, 0.5) is 0 Å². The van der Waals surface area contributed by atoms with Gasteiger partial charge in [0.2, 0.25) is 0 Å². The minimum atomic E-state index is 0.612. The Morgan fingerprint density at radius 3 is 3.14 bits per heavy atom. The van der Waals surface area contributed by atoms with Gasteiger partial charge in [0, 0.05) is 51.0 Å². The second-order valence-corrected chi connectivity index (χ2v) is 4.11. The van der Waals surface area contributed by atoms with Gasteiger partial charge in [0.25, 0.3) is 0 Å². The van der Waals surface area contributed by atoms with Gasteiger partial charge in [-0.25, -0.2) is 0 Å². The van der Waals surface area contributed by atoms with Crippen molar-refractivity contribution in [2.24, 2.45) is 7.05 Å². The van der Waals surface area contributed by atoms with Gasteiger partial charge < -0.3 is 5.32 Å². The molecule has 0 radical (unpaired) electrons. The first-order chi connectivity index (χ1) is 6.74. The highest BCUT2D eigenvalue weighted by Crippen LogP contribution is 2.05. The van der Waals surface area contributed by atoms with Crippen LogP contribution in [0.15, 0.2) is 12.4 Å². The molecule has 0 aromatic carbocycles. The van der Waals surface area contributed by atoms with Crippen LogP contribution in [0, 0.1) is 0 Å². The van der Waals surface area contributed by atoms with Gasteiger partial charge in [0.15, 0.2) is 0 Å². The van der Waals surface area contributed by atoms with E-state index < -0.39 is 0 Å². The van der Waals surface area contributed by atoms with Crippen molar-refractivity contribution >= 4 is 0 Å². The first-order valence-electron chi connectivity index (χ1n) is 5.17. The Morgan fingerprint density at radius 1 is 1.64 bits per heavy atom. The van der Waals surface area contributed by atoms with Gasteiger partial charge >= 0.3 is 0 Å². The molecule has 1 aliphatic rings. The van der Waals surface area contributed by atoms with Crippen LogP contribution in [-0.4, -0.2) is 40.4 Å². The van der Waals surface area contributed by atoms with E-state index in [0.717, 1.165) is 26.2 Å². The van der Waals surface area contributed by atoms with Crippen molar-refractivity contribution in [2.45, 2.75) is 19.5 Å². The Kier molecular flexibility index (Phi) is 2.84. The van der Waals surface area contributed by atoms with Crippen molar-refractivity contribution < 1.29 is 0 Å². The van der Waals surface area contributed by atoms with E-state index in [0.29, 0.717) is 6.04 Å². The predicted octanol–water partition coefficient (Wildman–Crippen LogP) is 0.214. The molecule has 78 valence electrons. The Bertz CT molecular complexity index is 294. The average molecular weight is 194 g/mol. The molecule has 2 heterocycles. The molecular formula is C10H18N4. The van der Waals surface area contributed by atoms with E-state index in [1.807, 2.05) is 17.9 Å². The summed E-state index contributed by atoms with van der Waals surface area (Å²) >= 11 is 0. The first-order valence-corrected chi connectivity index (χ1v) is 5.17. The Morgan fingerprint density at radius 2 is 2.50 bits per heavy atom. The maximum Gasteiger partial charge on any atom is 0.0534 e. The molecule has 1 aromatic heterocycles. The largest absolute Gasteiger partial charge is 0.312 e. The second-order valence-electron chi connectivity index (χ2n) is 4.11. The zero-order valence-corrected chi connectivity index (χ0v) is 8.90. The van der Waals surface area contributed by atoms with Crippen molar-refractivity contribution in [3.8, 4) is 0 Å². The molecule has 14 heavy (non-hydrogen) atoms. The molecule has 1 aliphatic heterocycles. The summed E-state index contributed by atoms with van der Waals surface area (Å²) in [7, 11) is 1.96. The highest BCUT2D eigenvalue weighted by molar-refractivity contribution is 5.03. The summed E-state index contributed by atoms with van der Waals surface area (Å²) in [5.74, 6) is 0. The van der Waals surface area contributed by atoms with E-state index in [-0.39, 0.29) is 0 Å². The van der Waals surface area contributed by atoms with Gasteiger partial charge in [0.05, 0.1) is 6.20 Å². The molecule has 4 heteroatoms. The summed E-state index contributed by atoms with van der Waals surface area (Å²) < 4.78 is 1.86. The van der Waals surface area contributed by atoms with Crippen LogP contribution in [0.5, 0.6) is 0 Å². The normalized spacial score (nSPS) is 24.0. The highest BCUT2D eigenvalue weighted by Gasteiger charge is 2.15.